The van der Waals surface area contributed by atoms with E-state index in [2.05, 4.69) is 77.8 Å². The lowest BCUT2D eigenvalue weighted by molar-refractivity contribution is 0.669. The van der Waals surface area contributed by atoms with Crippen molar-refractivity contribution in [3.8, 4) is 56.3 Å². The highest BCUT2D eigenvalue weighted by molar-refractivity contribution is 6.17. The lowest BCUT2D eigenvalue weighted by Gasteiger charge is -2.13. The molecule has 0 radical (unpaired) electrons. The zero-order chi connectivity index (χ0) is 33.0. The molecule has 0 spiro atoms. The van der Waals surface area contributed by atoms with Gasteiger partial charge in [-0.3, -0.25) is 4.98 Å². The molecule has 0 unspecified atom stereocenters. The molecule has 10 aromatic rings. The minimum absolute atomic E-state index is 0.638. The summed E-state index contributed by atoms with van der Waals surface area (Å²) in [6, 6.07) is 53.6. The standard InChI is InChI=1S/C45H27N3O2/c1-2-12-28(13-3-1)45-47-38(32-15-5-4-14-31(32)37-18-10-11-25-46-37)27-39(48-45)34-23-22-30(43-35-17-7-9-20-41(35)50-44(34)43)29-21-24-42-36(26-29)33-16-6-8-19-40(33)49-42/h1-27H. The zero-order valence-electron chi connectivity index (χ0n) is 26.7. The Morgan fingerprint density at radius 3 is 1.82 bits per heavy atom. The zero-order valence-corrected chi connectivity index (χ0v) is 26.7. The van der Waals surface area contributed by atoms with E-state index in [0.29, 0.717) is 5.82 Å². The van der Waals surface area contributed by atoms with Crippen LogP contribution in [-0.4, -0.2) is 15.0 Å². The second kappa shape index (κ2) is 11.4. The van der Waals surface area contributed by atoms with Crippen LogP contribution in [0.4, 0.5) is 0 Å². The Balaban J connectivity index is 1.23. The summed E-state index contributed by atoms with van der Waals surface area (Å²) in [5.74, 6) is 0.638. The molecule has 0 aliphatic rings. The number of hydrogen-bond acceptors (Lipinski definition) is 5. The Hall–Kier alpha value is -6.85. The Bertz CT molecular complexity index is 2870. The maximum atomic E-state index is 6.74. The first kappa shape index (κ1) is 28.2. The van der Waals surface area contributed by atoms with Crippen molar-refractivity contribution in [2.24, 2.45) is 0 Å². The molecule has 0 fully saturated rings. The summed E-state index contributed by atoms with van der Waals surface area (Å²) in [4.78, 5) is 15.0. The SMILES string of the molecule is c1ccc(-c2nc(-c3ccccc3-c3ccccn3)cc(-c3ccc(-c4ccc5oc6ccccc6c5c4)c4c3oc3ccccc34)n2)cc1. The van der Waals surface area contributed by atoms with Crippen LogP contribution in [0.3, 0.4) is 0 Å². The van der Waals surface area contributed by atoms with Crippen LogP contribution in [0.15, 0.2) is 173 Å². The Morgan fingerprint density at radius 2 is 1.02 bits per heavy atom. The normalized spacial score (nSPS) is 11.6. The molecule has 4 heterocycles. The Labute approximate surface area is 287 Å². The van der Waals surface area contributed by atoms with Crippen LogP contribution in [0.5, 0.6) is 0 Å². The molecular weight excluding hydrogens is 615 g/mol. The maximum Gasteiger partial charge on any atom is 0.160 e. The van der Waals surface area contributed by atoms with Crippen LogP contribution in [-0.2, 0) is 0 Å². The molecule has 0 atom stereocenters. The third-order valence-electron chi connectivity index (χ3n) is 9.39. The van der Waals surface area contributed by atoms with Crippen LogP contribution in [0.1, 0.15) is 0 Å². The van der Waals surface area contributed by atoms with E-state index in [4.69, 9.17) is 18.8 Å². The number of aromatic nitrogens is 3. The third-order valence-corrected chi connectivity index (χ3v) is 9.39. The molecule has 5 nitrogen and oxygen atoms in total. The van der Waals surface area contributed by atoms with E-state index in [1.165, 1.54) is 0 Å². The topological polar surface area (TPSA) is 65.0 Å². The van der Waals surface area contributed by atoms with E-state index in [1.54, 1.807) is 0 Å². The number of nitrogens with zero attached hydrogens (tertiary/aromatic N) is 3. The summed E-state index contributed by atoms with van der Waals surface area (Å²) in [5, 5.41) is 4.28. The molecule has 10 rings (SSSR count). The molecule has 0 saturated heterocycles. The Morgan fingerprint density at radius 1 is 0.380 bits per heavy atom. The van der Waals surface area contributed by atoms with Gasteiger partial charge in [-0.05, 0) is 59.7 Å². The fourth-order valence-electron chi connectivity index (χ4n) is 7.06. The van der Waals surface area contributed by atoms with Gasteiger partial charge in [0.15, 0.2) is 5.82 Å². The van der Waals surface area contributed by atoms with Crippen LogP contribution in [0.25, 0.3) is 100 Å². The smallest absolute Gasteiger partial charge is 0.160 e. The van der Waals surface area contributed by atoms with Gasteiger partial charge in [0.05, 0.1) is 17.1 Å². The van der Waals surface area contributed by atoms with E-state index in [-0.39, 0.29) is 0 Å². The quantitative estimate of drug-likeness (QED) is 0.187. The summed E-state index contributed by atoms with van der Waals surface area (Å²) < 4.78 is 12.9. The third kappa shape index (κ3) is 4.60. The van der Waals surface area contributed by atoms with E-state index in [1.807, 2.05) is 91.1 Å². The van der Waals surface area contributed by atoms with Crippen molar-refractivity contribution in [2.45, 2.75) is 0 Å². The van der Waals surface area contributed by atoms with Gasteiger partial charge in [-0.2, -0.15) is 0 Å². The second-order valence-electron chi connectivity index (χ2n) is 12.4. The van der Waals surface area contributed by atoms with Crippen molar-refractivity contribution < 1.29 is 8.83 Å². The van der Waals surface area contributed by atoms with Gasteiger partial charge in [0.1, 0.15) is 22.3 Å². The first-order valence-corrected chi connectivity index (χ1v) is 16.6. The van der Waals surface area contributed by atoms with E-state index < -0.39 is 0 Å². The molecule has 234 valence electrons. The lowest BCUT2D eigenvalue weighted by atomic mass is 9.94. The van der Waals surface area contributed by atoms with Crippen molar-refractivity contribution in [2.75, 3.05) is 0 Å². The first-order chi connectivity index (χ1) is 24.8. The molecule has 0 N–H and O–H groups in total. The summed E-state index contributed by atoms with van der Waals surface area (Å²) in [6.07, 6.45) is 1.82. The molecule has 0 saturated carbocycles. The predicted molar refractivity (Wildman–Crippen MR) is 202 cm³/mol. The van der Waals surface area contributed by atoms with Crippen LogP contribution < -0.4 is 0 Å². The summed E-state index contributed by atoms with van der Waals surface area (Å²) in [7, 11) is 0. The van der Waals surface area contributed by atoms with Gasteiger partial charge < -0.3 is 8.83 Å². The number of furan rings is 2. The molecule has 5 heteroatoms. The monoisotopic (exact) mass is 641 g/mol. The number of hydrogen-bond donors (Lipinski definition) is 0. The van der Waals surface area contributed by atoms with Crippen molar-refractivity contribution in [1.29, 1.82) is 0 Å². The van der Waals surface area contributed by atoms with Crippen molar-refractivity contribution in [3.05, 3.63) is 164 Å². The maximum absolute atomic E-state index is 6.74. The molecule has 0 amide bonds. The highest BCUT2D eigenvalue weighted by Gasteiger charge is 2.21. The molecule has 4 aromatic heterocycles. The number of pyridine rings is 1. The van der Waals surface area contributed by atoms with Gasteiger partial charge in [-0.1, -0.05) is 109 Å². The van der Waals surface area contributed by atoms with Gasteiger partial charge in [0, 0.05) is 50.0 Å². The average molecular weight is 642 g/mol. The minimum Gasteiger partial charge on any atom is -0.456 e. The minimum atomic E-state index is 0.638. The van der Waals surface area contributed by atoms with E-state index >= 15 is 0 Å². The van der Waals surface area contributed by atoms with E-state index in [0.717, 1.165) is 94.3 Å². The first-order valence-electron chi connectivity index (χ1n) is 16.6. The summed E-state index contributed by atoms with van der Waals surface area (Å²) >= 11 is 0. The summed E-state index contributed by atoms with van der Waals surface area (Å²) in [5.41, 5.74) is 11.8. The summed E-state index contributed by atoms with van der Waals surface area (Å²) in [6.45, 7) is 0. The van der Waals surface area contributed by atoms with Gasteiger partial charge in [-0.15, -0.1) is 0 Å². The molecule has 0 aliphatic carbocycles. The van der Waals surface area contributed by atoms with Gasteiger partial charge >= 0.3 is 0 Å². The molecular formula is C45H27N3O2. The van der Waals surface area contributed by atoms with E-state index in [9.17, 15) is 0 Å². The number of benzene rings is 6. The lowest BCUT2D eigenvalue weighted by Crippen LogP contribution is -1.97. The fourth-order valence-corrected chi connectivity index (χ4v) is 7.06. The molecule has 6 aromatic carbocycles. The van der Waals surface area contributed by atoms with Crippen LogP contribution >= 0.6 is 0 Å². The second-order valence-corrected chi connectivity index (χ2v) is 12.4. The average Bonchev–Trinajstić information content (AvgIpc) is 3.77. The van der Waals surface area contributed by atoms with Crippen molar-refractivity contribution in [3.63, 3.8) is 0 Å². The van der Waals surface area contributed by atoms with Crippen LogP contribution in [0.2, 0.25) is 0 Å². The highest BCUT2D eigenvalue weighted by atomic mass is 16.3. The van der Waals surface area contributed by atoms with Gasteiger partial charge in [0.25, 0.3) is 0 Å². The van der Waals surface area contributed by atoms with Gasteiger partial charge in [-0.25, -0.2) is 9.97 Å². The predicted octanol–water partition coefficient (Wildman–Crippen LogP) is 12.0. The number of rotatable bonds is 5. The Kier molecular flexibility index (Phi) is 6.42. The van der Waals surface area contributed by atoms with Crippen molar-refractivity contribution in [1.82, 2.24) is 15.0 Å². The van der Waals surface area contributed by atoms with Gasteiger partial charge in [0.2, 0.25) is 0 Å². The fraction of sp³-hybridized carbons (Fsp3) is 0. The largest absolute Gasteiger partial charge is 0.456 e. The highest BCUT2D eigenvalue weighted by Crippen LogP contribution is 2.43. The molecule has 0 bridgehead atoms. The molecule has 0 aliphatic heterocycles. The molecule has 50 heavy (non-hydrogen) atoms. The number of para-hydroxylation sites is 2. The van der Waals surface area contributed by atoms with Crippen molar-refractivity contribution >= 4 is 43.9 Å². The van der Waals surface area contributed by atoms with Crippen LogP contribution in [0, 0.1) is 0 Å². The number of fused-ring (bicyclic) bond motifs is 6.